The van der Waals surface area contributed by atoms with Gasteiger partial charge in [0.25, 0.3) is 5.91 Å². The number of likely N-dealkylation sites (N-methyl/N-ethyl adjacent to an activating group) is 1. The molecule has 5 atom stereocenters. The Morgan fingerprint density at radius 1 is 1.19 bits per heavy atom. The van der Waals surface area contributed by atoms with Gasteiger partial charge in [-0.2, -0.15) is 0 Å². The molecule has 0 fully saturated rings. The van der Waals surface area contributed by atoms with Gasteiger partial charge in [0.05, 0.1) is 23.8 Å². The number of aliphatic hydroxyl groups is 4. The first-order valence-corrected chi connectivity index (χ1v) is 11.5. The van der Waals surface area contributed by atoms with Crippen LogP contribution in [0.25, 0.3) is 0 Å². The van der Waals surface area contributed by atoms with E-state index < -0.39 is 57.9 Å². The van der Waals surface area contributed by atoms with E-state index in [4.69, 9.17) is 10.5 Å². The summed E-state index contributed by atoms with van der Waals surface area (Å²) in [6.07, 6.45) is -1.93. The van der Waals surface area contributed by atoms with E-state index in [0.717, 1.165) is 0 Å². The van der Waals surface area contributed by atoms with Gasteiger partial charge >= 0.3 is 0 Å². The summed E-state index contributed by atoms with van der Waals surface area (Å²) < 4.78 is 5.53. The molecule has 0 radical (unpaired) electrons. The number of benzene rings is 1. The lowest BCUT2D eigenvalue weighted by Gasteiger charge is -2.56. The Kier molecular flexibility index (Phi) is 6.11. The van der Waals surface area contributed by atoms with Crippen LogP contribution in [-0.4, -0.2) is 102 Å². The zero-order chi connectivity index (χ0) is 26.9. The number of ketones is 1. The number of nitrogens with two attached hydrogens (primary N) is 1. The van der Waals surface area contributed by atoms with Crippen LogP contribution in [0.15, 0.2) is 34.8 Å². The molecule has 0 bridgehead atoms. The van der Waals surface area contributed by atoms with Gasteiger partial charge in [0.2, 0.25) is 0 Å². The summed E-state index contributed by atoms with van der Waals surface area (Å²) >= 11 is 0. The number of phenols is 1. The number of nitrogens with zero attached hydrogens (tertiary/aromatic N) is 2. The molecule has 1 aromatic rings. The second-order valence-electron chi connectivity index (χ2n) is 10.4. The maximum atomic E-state index is 13.9. The molecule has 36 heavy (non-hydrogen) atoms. The second-order valence-corrected chi connectivity index (χ2v) is 10.4. The van der Waals surface area contributed by atoms with Gasteiger partial charge in [-0.1, -0.05) is 0 Å². The number of fused-ring (bicyclic) bond motifs is 3. The van der Waals surface area contributed by atoms with Crippen molar-refractivity contribution in [3.05, 3.63) is 45.9 Å². The third-order valence-corrected chi connectivity index (χ3v) is 7.91. The van der Waals surface area contributed by atoms with Crippen LogP contribution in [0.2, 0.25) is 0 Å². The number of anilines is 1. The topological polar surface area (TPSA) is 177 Å². The van der Waals surface area contributed by atoms with Crippen molar-refractivity contribution >= 4 is 17.4 Å². The van der Waals surface area contributed by atoms with Gasteiger partial charge in [0.1, 0.15) is 23.4 Å². The number of primary amides is 1. The Hall–Kier alpha value is -3.12. The van der Waals surface area contributed by atoms with E-state index in [0.29, 0.717) is 11.3 Å². The Labute approximate surface area is 208 Å². The van der Waals surface area contributed by atoms with Crippen molar-refractivity contribution in [1.82, 2.24) is 4.90 Å². The molecule has 0 saturated heterocycles. The highest BCUT2D eigenvalue weighted by Crippen LogP contribution is 2.59. The predicted molar refractivity (Wildman–Crippen MR) is 130 cm³/mol. The summed E-state index contributed by atoms with van der Waals surface area (Å²) in [5.41, 5.74) is 2.13. The van der Waals surface area contributed by atoms with Gasteiger partial charge in [-0.05, 0) is 44.6 Å². The minimum atomic E-state index is -2.51. The monoisotopic (exact) mass is 503 g/mol. The molecule has 11 heteroatoms. The lowest BCUT2D eigenvalue weighted by atomic mass is 9.52. The van der Waals surface area contributed by atoms with Crippen molar-refractivity contribution in [2.45, 2.75) is 30.6 Å². The van der Waals surface area contributed by atoms with Crippen molar-refractivity contribution < 1.29 is 39.9 Å². The van der Waals surface area contributed by atoms with Crippen LogP contribution >= 0.6 is 0 Å². The first kappa shape index (κ1) is 26.0. The maximum Gasteiger partial charge on any atom is 0.250 e. The summed E-state index contributed by atoms with van der Waals surface area (Å²) in [5.74, 6) is -4.56. The predicted octanol–water partition coefficient (Wildman–Crippen LogP) is -0.00500. The molecule has 0 spiro atoms. The van der Waals surface area contributed by atoms with Crippen LogP contribution in [0.5, 0.6) is 5.75 Å². The summed E-state index contributed by atoms with van der Waals surface area (Å²) in [6.45, 7) is -0.0317. The number of aliphatic hydroxyl groups excluding tert-OH is 3. The zero-order valence-electron chi connectivity index (χ0n) is 20.9. The quantitative estimate of drug-likeness (QED) is 0.320. The average Bonchev–Trinajstić information content (AvgIpc) is 2.76. The normalized spacial score (nSPS) is 31.8. The SMILES string of the molecule is COC[C@@]12Cc3c(N(C)C)ccc(O)c3C(=O)C1=C(O)[C@]1(O)C(O)C(C(N)=O)=C(O)[C@@H](N(C)C)[C@@H]1C2. The number of rotatable bonds is 5. The van der Waals surface area contributed by atoms with Crippen molar-refractivity contribution in [2.75, 3.05) is 46.8 Å². The Balaban J connectivity index is 2.07. The van der Waals surface area contributed by atoms with Crippen LogP contribution in [0.1, 0.15) is 22.3 Å². The standard InChI is InChI=1S/C25H33N3O8/c1-27(2)13-6-7-14(29)15-11(13)8-24(10-36-5)9-12-18(28(3)4)20(31)16(23(26)34)21(32)25(12,35)22(33)17(24)19(15)30/h6-7,12,18,21,29,31-33,35H,8-10H2,1-5H3,(H2,26,34)/t12-,18-,21?,24-,25+/m0/s1. The lowest BCUT2D eigenvalue weighted by molar-refractivity contribution is -0.152. The van der Waals surface area contributed by atoms with Gasteiger partial charge in [-0.25, -0.2) is 0 Å². The second kappa shape index (κ2) is 8.48. The highest BCUT2D eigenvalue weighted by Gasteiger charge is 2.66. The average molecular weight is 504 g/mol. The third-order valence-electron chi connectivity index (χ3n) is 7.91. The fraction of sp³-hybridized carbons (Fsp3) is 0.520. The largest absolute Gasteiger partial charge is 0.510 e. The Morgan fingerprint density at radius 3 is 2.36 bits per heavy atom. The van der Waals surface area contributed by atoms with Crippen LogP contribution in [0, 0.1) is 11.3 Å². The number of carbonyl (C=O) groups is 2. The number of ether oxygens (including phenoxy) is 1. The summed E-state index contributed by atoms with van der Waals surface area (Å²) in [4.78, 5) is 29.5. The molecule has 196 valence electrons. The minimum absolute atomic E-state index is 0.000443. The maximum absolute atomic E-state index is 13.9. The fourth-order valence-corrected chi connectivity index (χ4v) is 6.47. The number of hydrogen-bond acceptors (Lipinski definition) is 10. The third kappa shape index (κ3) is 3.27. The van der Waals surface area contributed by atoms with E-state index in [1.165, 1.54) is 13.2 Å². The zero-order valence-corrected chi connectivity index (χ0v) is 20.9. The van der Waals surface area contributed by atoms with Gasteiger partial charge in [-0.3, -0.25) is 14.5 Å². The highest BCUT2D eigenvalue weighted by atomic mass is 16.5. The van der Waals surface area contributed by atoms with E-state index in [9.17, 15) is 35.1 Å². The van der Waals surface area contributed by atoms with E-state index in [-0.39, 0.29) is 36.3 Å². The molecule has 3 aliphatic rings. The van der Waals surface area contributed by atoms with Crippen LogP contribution in [0.4, 0.5) is 5.69 Å². The summed E-state index contributed by atoms with van der Waals surface area (Å²) in [6, 6.07) is 2.06. The summed E-state index contributed by atoms with van der Waals surface area (Å²) in [7, 11) is 8.27. The fourth-order valence-electron chi connectivity index (χ4n) is 6.47. The molecule has 0 saturated carbocycles. The highest BCUT2D eigenvalue weighted by molar-refractivity contribution is 6.15. The molecule has 1 unspecified atom stereocenters. The van der Waals surface area contributed by atoms with E-state index >= 15 is 0 Å². The van der Waals surface area contributed by atoms with E-state index in [1.54, 1.807) is 44.1 Å². The van der Waals surface area contributed by atoms with Gasteiger partial charge in [-0.15, -0.1) is 0 Å². The molecule has 4 rings (SSSR count). The van der Waals surface area contributed by atoms with Gasteiger partial charge < -0.3 is 40.9 Å². The molecular weight excluding hydrogens is 470 g/mol. The molecule has 3 aliphatic carbocycles. The Morgan fingerprint density at radius 2 is 1.83 bits per heavy atom. The smallest absolute Gasteiger partial charge is 0.250 e. The molecule has 11 nitrogen and oxygen atoms in total. The van der Waals surface area contributed by atoms with Crippen LogP contribution in [0.3, 0.4) is 0 Å². The Bertz CT molecular complexity index is 1210. The molecule has 0 heterocycles. The van der Waals surface area contributed by atoms with Gasteiger partial charge in [0.15, 0.2) is 11.4 Å². The minimum Gasteiger partial charge on any atom is -0.510 e. The number of carbonyl (C=O) groups excluding carboxylic acids is 2. The number of amides is 1. The first-order valence-electron chi connectivity index (χ1n) is 11.5. The van der Waals surface area contributed by atoms with Crippen molar-refractivity contribution in [3.63, 3.8) is 0 Å². The van der Waals surface area contributed by atoms with Crippen LogP contribution < -0.4 is 10.6 Å². The molecule has 1 aromatic carbocycles. The van der Waals surface area contributed by atoms with E-state index in [2.05, 4.69) is 0 Å². The lowest BCUT2D eigenvalue weighted by Crippen LogP contribution is -2.67. The van der Waals surface area contributed by atoms with E-state index in [1.807, 2.05) is 0 Å². The van der Waals surface area contributed by atoms with Crippen LogP contribution in [-0.2, 0) is 16.0 Å². The molecule has 0 aromatic heterocycles. The van der Waals surface area contributed by atoms with Crippen molar-refractivity contribution in [2.24, 2.45) is 17.1 Å². The number of aromatic hydroxyl groups is 1. The molecule has 7 N–H and O–H groups in total. The van der Waals surface area contributed by atoms with Crippen molar-refractivity contribution in [3.8, 4) is 5.75 Å². The first-order chi connectivity index (χ1) is 16.7. The summed E-state index contributed by atoms with van der Waals surface area (Å²) in [5, 5.41) is 56.2. The molecular formula is C25H33N3O8. The van der Waals surface area contributed by atoms with Gasteiger partial charge in [0, 0.05) is 43.8 Å². The number of phenolic OH excluding ortho intramolecular Hbond substituents is 1. The molecule has 0 aliphatic heterocycles. The number of Topliss-reactive ketones (excluding diaryl/α,β-unsaturated/α-hetero) is 1. The molecule has 1 amide bonds. The number of hydrogen-bond donors (Lipinski definition) is 6. The van der Waals surface area contributed by atoms with Crippen molar-refractivity contribution in [1.29, 1.82) is 0 Å². The number of methoxy groups -OCH3 is 1.